The molecule has 2 atom stereocenters. The maximum atomic E-state index is 13.5. The summed E-state index contributed by atoms with van der Waals surface area (Å²) in [6.45, 7) is 6.45. The van der Waals surface area contributed by atoms with E-state index in [0.29, 0.717) is 33.4 Å². The first-order valence-corrected chi connectivity index (χ1v) is 17.8. The molecule has 3 aromatic heterocycles. The molecule has 5 heterocycles. The lowest BCUT2D eigenvalue weighted by Crippen LogP contribution is -2.44. The lowest BCUT2D eigenvalue weighted by atomic mass is 10.1. The number of likely N-dealkylation sites (tertiary alicyclic amines) is 1. The Balaban J connectivity index is 1.04. The van der Waals surface area contributed by atoms with Crippen LogP contribution in [0.3, 0.4) is 0 Å². The van der Waals surface area contributed by atoms with Gasteiger partial charge in [0.05, 0.1) is 28.2 Å². The predicted octanol–water partition coefficient (Wildman–Crippen LogP) is 4.90. The average Bonchev–Trinajstić information content (AvgIpc) is 3.79. The summed E-state index contributed by atoms with van der Waals surface area (Å²) in [5.41, 5.74) is 2.44. The van der Waals surface area contributed by atoms with Gasteiger partial charge in [-0.05, 0) is 96.1 Å². The fraction of sp³-hybridized carbons (Fsp3) is 0.350. The van der Waals surface area contributed by atoms with Crippen LogP contribution in [0.15, 0.2) is 65.6 Å². The number of pyridine rings is 1. The summed E-state index contributed by atoms with van der Waals surface area (Å²) in [6.07, 6.45) is 3.50. The van der Waals surface area contributed by atoms with Crippen molar-refractivity contribution in [2.45, 2.75) is 64.1 Å². The first kappa shape index (κ1) is 36.2. The summed E-state index contributed by atoms with van der Waals surface area (Å²) in [5, 5.41) is 5.92. The van der Waals surface area contributed by atoms with Gasteiger partial charge in [0, 0.05) is 42.4 Å². The molecule has 3 amide bonds. The number of piperidine rings is 1. The Kier molecular flexibility index (Phi) is 9.59. The molecule has 0 radical (unpaired) electrons. The van der Waals surface area contributed by atoms with E-state index >= 15 is 0 Å². The van der Waals surface area contributed by atoms with Crippen molar-refractivity contribution in [3.8, 4) is 17.6 Å². The van der Waals surface area contributed by atoms with Gasteiger partial charge in [-0.3, -0.25) is 33.7 Å². The molecule has 0 aliphatic carbocycles. The zero-order valence-corrected chi connectivity index (χ0v) is 30.8. The minimum absolute atomic E-state index is 0.0313. The van der Waals surface area contributed by atoms with E-state index in [9.17, 15) is 24.0 Å². The van der Waals surface area contributed by atoms with Crippen LogP contribution in [0.1, 0.15) is 80.2 Å². The lowest BCUT2D eigenvalue weighted by molar-refractivity contribution is -0.135. The third-order valence-electron chi connectivity index (χ3n) is 9.67. The highest BCUT2D eigenvalue weighted by atomic mass is 16.6. The van der Waals surface area contributed by atoms with E-state index in [1.807, 2.05) is 33.9 Å². The Morgan fingerprint density at radius 3 is 2.48 bits per heavy atom. The van der Waals surface area contributed by atoms with E-state index in [4.69, 9.17) is 9.47 Å². The van der Waals surface area contributed by atoms with Gasteiger partial charge in [0.25, 0.3) is 5.91 Å². The van der Waals surface area contributed by atoms with Crippen LogP contribution in [0.5, 0.6) is 5.75 Å². The molecule has 2 N–H and O–H groups in total. The SMILES string of the molecule is CN1CCC[C@@H]1c1cc2cnc(NC(=O)c3ccc(OCC#Cc4cccc5c4n(C)c(=O)n5C4CCC(=O)NC4=O)cc3)cc2n1C(=O)OC(C)(C)C. The predicted molar refractivity (Wildman–Crippen MR) is 201 cm³/mol. The van der Waals surface area contributed by atoms with Crippen LogP contribution in [-0.4, -0.2) is 73.2 Å². The summed E-state index contributed by atoms with van der Waals surface area (Å²) in [5.74, 6) is 5.59. The molecule has 278 valence electrons. The van der Waals surface area contributed by atoms with Gasteiger partial charge in [0.2, 0.25) is 11.8 Å². The van der Waals surface area contributed by atoms with Crippen molar-refractivity contribution < 1.29 is 28.7 Å². The number of anilines is 1. The monoisotopic (exact) mass is 731 g/mol. The molecule has 2 aliphatic heterocycles. The van der Waals surface area contributed by atoms with Crippen LogP contribution in [0.25, 0.3) is 21.9 Å². The van der Waals surface area contributed by atoms with Crippen molar-refractivity contribution in [3.63, 3.8) is 0 Å². The van der Waals surface area contributed by atoms with Gasteiger partial charge >= 0.3 is 11.8 Å². The molecule has 2 aliphatic rings. The molecule has 2 fully saturated rings. The number of imide groups is 1. The molecule has 0 spiro atoms. The van der Waals surface area contributed by atoms with Crippen LogP contribution in [0.2, 0.25) is 0 Å². The first-order chi connectivity index (χ1) is 25.8. The molecule has 0 bridgehead atoms. The number of imidazole rings is 1. The third kappa shape index (κ3) is 7.10. The summed E-state index contributed by atoms with van der Waals surface area (Å²) >= 11 is 0. The number of hydrogen-bond acceptors (Lipinski definition) is 9. The van der Waals surface area contributed by atoms with Gasteiger partial charge in [-0.15, -0.1) is 0 Å². The Hall–Kier alpha value is -6.20. The van der Waals surface area contributed by atoms with Gasteiger partial charge in [0.1, 0.15) is 29.8 Å². The summed E-state index contributed by atoms with van der Waals surface area (Å²) in [6, 6.07) is 14.8. The number of fused-ring (bicyclic) bond motifs is 2. The number of aryl methyl sites for hydroxylation is 1. The first-order valence-electron chi connectivity index (χ1n) is 17.8. The van der Waals surface area contributed by atoms with Crippen LogP contribution in [0, 0.1) is 11.8 Å². The summed E-state index contributed by atoms with van der Waals surface area (Å²) in [7, 11) is 3.66. The molecule has 1 unspecified atom stereocenters. The highest BCUT2D eigenvalue weighted by Gasteiger charge is 2.32. The normalized spacial score (nSPS) is 17.6. The van der Waals surface area contributed by atoms with Crippen molar-refractivity contribution in [2.75, 3.05) is 25.5 Å². The molecular formula is C40H41N7O7. The van der Waals surface area contributed by atoms with Crippen molar-refractivity contribution in [3.05, 3.63) is 88.1 Å². The molecular weight excluding hydrogens is 690 g/mol. The number of nitrogens with one attached hydrogen (secondary N) is 2. The molecule has 7 rings (SSSR count). The minimum atomic E-state index is -0.788. The van der Waals surface area contributed by atoms with Crippen LogP contribution < -0.4 is 21.1 Å². The number of nitrogens with zero attached hydrogens (tertiary/aromatic N) is 5. The highest BCUT2D eigenvalue weighted by molar-refractivity contribution is 6.05. The zero-order valence-electron chi connectivity index (χ0n) is 30.8. The van der Waals surface area contributed by atoms with Gasteiger partial charge in [-0.2, -0.15) is 0 Å². The molecule has 2 aromatic carbocycles. The van der Waals surface area contributed by atoms with Gasteiger partial charge in [-0.25, -0.2) is 19.1 Å². The quantitative estimate of drug-likeness (QED) is 0.183. The summed E-state index contributed by atoms with van der Waals surface area (Å²) < 4.78 is 16.1. The molecule has 54 heavy (non-hydrogen) atoms. The Labute approximate surface area is 311 Å². The van der Waals surface area contributed by atoms with E-state index in [1.165, 1.54) is 9.13 Å². The number of rotatable bonds is 6. The van der Waals surface area contributed by atoms with Crippen LogP contribution >= 0.6 is 0 Å². The summed E-state index contributed by atoms with van der Waals surface area (Å²) in [4.78, 5) is 70.8. The third-order valence-corrected chi connectivity index (χ3v) is 9.67. The van der Waals surface area contributed by atoms with E-state index in [2.05, 4.69) is 32.4 Å². The number of para-hydroxylation sites is 1. The number of aromatic nitrogens is 4. The van der Waals surface area contributed by atoms with Crippen molar-refractivity contribution >= 4 is 51.6 Å². The van der Waals surface area contributed by atoms with E-state index in [1.54, 1.807) is 66.3 Å². The fourth-order valence-corrected chi connectivity index (χ4v) is 7.14. The van der Waals surface area contributed by atoms with Crippen LogP contribution in [-0.2, 0) is 21.4 Å². The fourth-order valence-electron chi connectivity index (χ4n) is 7.14. The number of ether oxygens (including phenoxy) is 2. The standard InChI is InChI=1S/C40H41N7O7/c1-40(2,3)54-39(52)47-31-22-33(41-23-26(31)21-32(47)28-12-7-19-44(28)4)42-36(49)25-13-15-27(16-14-25)53-20-8-10-24-9-6-11-29-35(24)45(5)38(51)46(29)30-17-18-34(48)43-37(30)50/h6,9,11,13-16,21-23,28,30H,7,12,17-20H2,1-5H3,(H,41,42,49)(H,43,48,50)/t28-,30?/m1/s1. The second-order valence-electron chi connectivity index (χ2n) is 14.6. The molecule has 5 aromatic rings. The Bertz CT molecular complexity index is 2440. The Morgan fingerprint density at radius 1 is 1.00 bits per heavy atom. The maximum absolute atomic E-state index is 13.5. The highest BCUT2D eigenvalue weighted by Crippen LogP contribution is 2.35. The van der Waals surface area contributed by atoms with Crippen LogP contribution in [0.4, 0.5) is 10.6 Å². The second-order valence-corrected chi connectivity index (χ2v) is 14.6. The zero-order chi connectivity index (χ0) is 38.3. The molecule has 14 nitrogen and oxygen atoms in total. The average molecular weight is 732 g/mol. The van der Waals surface area contributed by atoms with Crippen molar-refractivity contribution in [2.24, 2.45) is 7.05 Å². The van der Waals surface area contributed by atoms with E-state index < -0.39 is 23.6 Å². The van der Waals surface area contributed by atoms with Crippen molar-refractivity contribution in [1.29, 1.82) is 0 Å². The minimum Gasteiger partial charge on any atom is -0.481 e. The van der Waals surface area contributed by atoms with Gasteiger partial charge < -0.3 is 14.8 Å². The number of amides is 3. The van der Waals surface area contributed by atoms with Crippen molar-refractivity contribution in [1.82, 2.24) is 28.9 Å². The maximum Gasteiger partial charge on any atom is 0.419 e. The Morgan fingerprint density at radius 2 is 1.78 bits per heavy atom. The lowest BCUT2D eigenvalue weighted by Gasteiger charge is -2.24. The molecule has 2 saturated heterocycles. The number of benzene rings is 2. The molecule has 0 saturated carbocycles. The van der Waals surface area contributed by atoms with Gasteiger partial charge in [-0.1, -0.05) is 17.9 Å². The smallest absolute Gasteiger partial charge is 0.419 e. The van der Waals surface area contributed by atoms with Gasteiger partial charge in [0.15, 0.2) is 0 Å². The second kappa shape index (κ2) is 14.3. The van der Waals surface area contributed by atoms with E-state index in [0.717, 1.165) is 30.5 Å². The molecule has 14 heteroatoms. The largest absolute Gasteiger partial charge is 0.481 e. The van der Waals surface area contributed by atoms with E-state index in [-0.39, 0.29) is 48.8 Å². The number of carbonyl (C=O) groups is 4. The number of hydrogen-bond donors (Lipinski definition) is 2. The topological polar surface area (TPSA) is 159 Å². The number of carbonyl (C=O) groups excluding carboxylic acids is 4.